The van der Waals surface area contributed by atoms with Crippen LogP contribution in [0.5, 0.6) is 0 Å². The number of aliphatic hydroxyl groups is 1. The van der Waals surface area contributed by atoms with Gasteiger partial charge >= 0.3 is 0 Å². The number of pyridine rings is 2. The number of carbonyl (C=O) groups is 1. The minimum atomic E-state index is -1.04. The molecule has 1 aliphatic rings. The zero-order valence-corrected chi connectivity index (χ0v) is 19.9. The molecule has 2 aromatic heterocycles. The molecule has 0 atom stereocenters. The highest BCUT2D eigenvalue weighted by molar-refractivity contribution is 8.00. The van der Waals surface area contributed by atoms with E-state index in [4.69, 9.17) is 11.6 Å². The number of fused-ring (bicyclic) bond motifs is 1. The van der Waals surface area contributed by atoms with Crippen molar-refractivity contribution in [2.24, 2.45) is 0 Å². The number of likely N-dealkylation sites (tertiary alicyclic amines) is 1. The number of halogens is 1. The maximum Gasteiger partial charge on any atom is 0.253 e. The van der Waals surface area contributed by atoms with Gasteiger partial charge in [-0.15, -0.1) is 0 Å². The van der Waals surface area contributed by atoms with Crippen LogP contribution in [0.25, 0.3) is 10.9 Å². The van der Waals surface area contributed by atoms with Crippen molar-refractivity contribution in [1.82, 2.24) is 14.9 Å². The highest BCUT2D eigenvalue weighted by atomic mass is 35.5. The second-order valence-corrected chi connectivity index (χ2v) is 9.55. The van der Waals surface area contributed by atoms with Crippen LogP contribution in [0.2, 0.25) is 5.02 Å². The monoisotopic (exact) mass is 490 g/mol. The van der Waals surface area contributed by atoms with Gasteiger partial charge in [-0.3, -0.25) is 14.8 Å². The average Bonchev–Trinajstić information content (AvgIpc) is 2.88. The quantitative estimate of drug-likeness (QED) is 0.358. The lowest BCUT2D eigenvalue weighted by atomic mass is 9.84. The molecule has 34 heavy (non-hydrogen) atoms. The largest absolute Gasteiger partial charge is 0.385 e. The maximum absolute atomic E-state index is 13.0. The minimum absolute atomic E-state index is 0.0414. The summed E-state index contributed by atoms with van der Waals surface area (Å²) in [5.74, 6) is -0.0414. The molecule has 1 fully saturated rings. The van der Waals surface area contributed by atoms with Gasteiger partial charge in [0.1, 0.15) is 0 Å². The molecular formula is C26H23ClN4O2S. The number of hydrogen-bond donors (Lipinski definition) is 2. The normalized spacial score (nSPS) is 15.3. The van der Waals surface area contributed by atoms with Crippen LogP contribution in [0.4, 0.5) is 5.69 Å². The number of hydrogen-bond acceptors (Lipinski definition) is 6. The number of anilines is 1. The van der Waals surface area contributed by atoms with Crippen LogP contribution < -0.4 is 4.72 Å². The summed E-state index contributed by atoms with van der Waals surface area (Å²) < 4.78 is 3.33. The summed E-state index contributed by atoms with van der Waals surface area (Å²) in [5.41, 5.74) is 2.10. The Balaban J connectivity index is 1.21. The van der Waals surface area contributed by atoms with Gasteiger partial charge in [0.25, 0.3) is 5.91 Å². The van der Waals surface area contributed by atoms with E-state index in [2.05, 4.69) is 14.7 Å². The third-order valence-electron chi connectivity index (χ3n) is 6.16. The van der Waals surface area contributed by atoms with Gasteiger partial charge in [-0.05, 0) is 67.3 Å². The van der Waals surface area contributed by atoms with E-state index in [1.54, 1.807) is 23.4 Å². The Bertz CT molecular complexity index is 1320. The van der Waals surface area contributed by atoms with E-state index in [9.17, 15) is 9.90 Å². The predicted molar refractivity (Wildman–Crippen MR) is 136 cm³/mol. The molecule has 1 amide bonds. The molecule has 0 unspecified atom stereocenters. The average molecular weight is 491 g/mol. The molecule has 1 saturated heterocycles. The fraction of sp³-hybridized carbons (Fsp3) is 0.192. The van der Waals surface area contributed by atoms with Gasteiger partial charge in [0.15, 0.2) is 0 Å². The number of nitrogens with zero attached hydrogens (tertiary/aromatic N) is 3. The molecule has 4 aromatic rings. The van der Waals surface area contributed by atoms with E-state index in [0.29, 0.717) is 42.1 Å². The Labute approximate surface area is 207 Å². The SMILES string of the molecule is O=C(c1ccc(NSc2cccc3cccnc23)cc1)N1CCC(O)(c2ccncc2Cl)CC1. The maximum atomic E-state index is 13.0. The molecule has 0 aliphatic carbocycles. The molecule has 1 aliphatic heterocycles. The molecule has 2 N–H and O–H groups in total. The summed E-state index contributed by atoms with van der Waals surface area (Å²) in [4.78, 5) is 24.3. The number of piperidine rings is 1. The molecule has 2 aromatic carbocycles. The third-order valence-corrected chi connectivity index (χ3v) is 7.35. The van der Waals surface area contributed by atoms with Crippen molar-refractivity contribution in [3.63, 3.8) is 0 Å². The summed E-state index contributed by atoms with van der Waals surface area (Å²) in [7, 11) is 0. The molecule has 0 radical (unpaired) electrons. The molecule has 172 valence electrons. The summed E-state index contributed by atoms with van der Waals surface area (Å²) in [5, 5.41) is 12.6. The standard InChI is InChI=1S/C26H23ClN4O2S/c27-22-17-28-14-10-21(22)26(33)11-15-31(16-12-26)25(32)19-6-8-20(9-7-19)30-34-23-5-1-3-18-4-2-13-29-24(18)23/h1-10,13-14,17,30,33H,11-12,15-16H2. The summed E-state index contributed by atoms with van der Waals surface area (Å²) in [6, 6.07) is 19.3. The first-order chi connectivity index (χ1) is 16.5. The van der Waals surface area contributed by atoms with Crippen molar-refractivity contribution in [2.75, 3.05) is 17.8 Å². The van der Waals surface area contributed by atoms with Crippen molar-refractivity contribution in [3.8, 4) is 0 Å². The molecular weight excluding hydrogens is 468 g/mol. The fourth-order valence-electron chi connectivity index (χ4n) is 4.24. The van der Waals surface area contributed by atoms with E-state index in [-0.39, 0.29) is 5.91 Å². The lowest BCUT2D eigenvalue weighted by molar-refractivity contribution is -0.0211. The van der Waals surface area contributed by atoms with Gasteiger partial charge in [-0.25, -0.2) is 0 Å². The van der Waals surface area contributed by atoms with Crippen molar-refractivity contribution >= 4 is 46.0 Å². The van der Waals surface area contributed by atoms with Crippen LogP contribution in [0.1, 0.15) is 28.8 Å². The zero-order chi connectivity index (χ0) is 23.5. The molecule has 0 bridgehead atoms. The lowest BCUT2D eigenvalue weighted by Crippen LogP contribution is -2.45. The summed E-state index contributed by atoms with van der Waals surface area (Å²) >= 11 is 7.73. The molecule has 3 heterocycles. The Morgan fingerprint density at radius 2 is 1.79 bits per heavy atom. The molecule has 6 nitrogen and oxygen atoms in total. The predicted octanol–water partition coefficient (Wildman–Crippen LogP) is 5.53. The van der Waals surface area contributed by atoms with E-state index >= 15 is 0 Å². The highest BCUT2D eigenvalue weighted by Gasteiger charge is 2.37. The first-order valence-corrected chi connectivity index (χ1v) is 12.2. The van der Waals surface area contributed by atoms with Crippen LogP contribution in [0, 0.1) is 0 Å². The first kappa shape index (κ1) is 22.7. The van der Waals surface area contributed by atoms with Crippen LogP contribution in [0.3, 0.4) is 0 Å². The number of para-hydroxylation sites is 1. The van der Waals surface area contributed by atoms with Crippen LogP contribution >= 0.6 is 23.5 Å². The van der Waals surface area contributed by atoms with Crippen LogP contribution in [-0.2, 0) is 5.60 Å². The summed E-state index contributed by atoms with van der Waals surface area (Å²) in [6.07, 6.45) is 5.81. The lowest BCUT2D eigenvalue weighted by Gasteiger charge is -2.38. The second kappa shape index (κ2) is 9.62. The van der Waals surface area contributed by atoms with Crippen molar-refractivity contribution in [3.05, 3.63) is 95.4 Å². The Morgan fingerprint density at radius 3 is 2.56 bits per heavy atom. The minimum Gasteiger partial charge on any atom is -0.385 e. The van der Waals surface area contributed by atoms with Gasteiger partial charge < -0.3 is 14.7 Å². The van der Waals surface area contributed by atoms with Crippen LogP contribution in [-0.4, -0.2) is 39.0 Å². The number of rotatable bonds is 5. The van der Waals surface area contributed by atoms with Gasteiger partial charge in [-0.2, -0.15) is 0 Å². The van der Waals surface area contributed by atoms with Gasteiger partial charge in [-0.1, -0.05) is 29.8 Å². The molecule has 0 spiro atoms. The van der Waals surface area contributed by atoms with Gasteiger partial charge in [0.2, 0.25) is 0 Å². The van der Waals surface area contributed by atoms with Gasteiger partial charge in [0, 0.05) is 53.9 Å². The zero-order valence-electron chi connectivity index (χ0n) is 18.3. The van der Waals surface area contributed by atoms with E-state index < -0.39 is 5.60 Å². The van der Waals surface area contributed by atoms with Crippen molar-refractivity contribution in [2.45, 2.75) is 23.3 Å². The fourth-order valence-corrected chi connectivity index (χ4v) is 5.31. The first-order valence-electron chi connectivity index (χ1n) is 11.0. The van der Waals surface area contributed by atoms with E-state index in [0.717, 1.165) is 21.5 Å². The number of amides is 1. The number of benzene rings is 2. The Kier molecular flexibility index (Phi) is 6.41. The number of carbonyl (C=O) groups excluding carboxylic acids is 1. The third kappa shape index (κ3) is 4.59. The highest BCUT2D eigenvalue weighted by Crippen LogP contribution is 2.36. The number of nitrogens with one attached hydrogen (secondary N) is 1. The van der Waals surface area contributed by atoms with Gasteiger partial charge in [0.05, 0.1) is 21.0 Å². The Morgan fingerprint density at radius 1 is 1.03 bits per heavy atom. The number of aromatic nitrogens is 2. The molecule has 0 saturated carbocycles. The molecule has 5 rings (SSSR count). The van der Waals surface area contributed by atoms with Crippen molar-refractivity contribution in [1.29, 1.82) is 0 Å². The van der Waals surface area contributed by atoms with Crippen molar-refractivity contribution < 1.29 is 9.90 Å². The molecule has 8 heteroatoms. The second-order valence-electron chi connectivity index (χ2n) is 8.29. The van der Waals surface area contributed by atoms with Crippen LogP contribution in [0.15, 0.2) is 84.1 Å². The smallest absolute Gasteiger partial charge is 0.253 e. The van der Waals surface area contributed by atoms with E-state index in [1.807, 2.05) is 54.6 Å². The Hall–Kier alpha value is -3.13. The topological polar surface area (TPSA) is 78.4 Å². The van der Waals surface area contributed by atoms with E-state index in [1.165, 1.54) is 18.1 Å². The summed E-state index contributed by atoms with van der Waals surface area (Å²) in [6.45, 7) is 0.913.